The molecule has 3 aromatic rings. The van der Waals surface area contributed by atoms with Gasteiger partial charge in [0, 0.05) is 49.8 Å². The van der Waals surface area contributed by atoms with E-state index in [1.807, 2.05) is 18.2 Å². The number of anilines is 1. The summed E-state index contributed by atoms with van der Waals surface area (Å²) in [6.45, 7) is 5.29. The molecule has 0 saturated carbocycles. The van der Waals surface area contributed by atoms with Crippen LogP contribution in [-0.2, 0) is 6.54 Å². The summed E-state index contributed by atoms with van der Waals surface area (Å²) >= 11 is 1.51. The zero-order chi connectivity index (χ0) is 16.9. The summed E-state index contributed by atoms with van der Waals surface area (Å²) in [5.74, 6) is 0.839. The summed E-state index contributed by atoms with van der Waals surface area (Å²) < 4.78 is 4.55. The molecule has 4 rings (SSSR count). The van der Waals surface area contributed by atoms with Crippen molar-refractivity contribution in [3.63, 3.8) is 0 Å². The lowest BCUT2D eigenvalue weighted by Crippen LogP contribution is -2.30. The monoisotopic (exact) mass is 350 g/mol. The van der Waals surface area contributed by atoms with E-state index in [2.05, 4.69) is 56.6 Å². The fraction of sp³-hybridized carbons (Fsp3) is 0.300. The molecule has 0 unspecified atom stereocenters. The first-order chi connectivity index (χ1) is 12.4. The van der Waals surface area contributed by atoms with E-state index in [1.54, 1.807) is 0 Å². The van der Waals surface area contributed by atoms with E-state index in [-0.39, 0.29) is 0 Å². The molecular weight excluding hydrogens is 328 g/mol. The molecule has 1 aliphatic heterocycles. The highest BCUT2D eigenvalue weighted by Crippen LogP contribution is 2.24. The predicted octanol–water partition coefficient (Wildman–Crippen LogP) is 3.92. The van der Waals surface area contributed by atoms with Crippen LogP contribution in [0.5, 0.6) is 0 Å². The highest BCUT2D eigenvalue weighted by atomic mass is 32.1. The second-order valence-corrected chi connectivity index (χ2v) is 7.10. The van der Waals surface area contributed by atoms with E-state index in [0.717, 1.165) is 55.7 Å². The molecule has 0 atom stereocenters. The number of benzene rings is 2. The summed E-state index contributed by atoms with van der Waals surface area (Å²) in [7, 11) is 0. The normalized spacial score (nSPS) is 15.9. The second-order valence-electron chi connectivity index (χ2n) is 6.37. The van der Waals surface area contributed by atoms with Crippen LogP contribution < -0.4 is 4.90 Å². The van der Waals surface area contributed by atoms with Gasteiger partial charge in [0.1, 0.15) is 0 Å². The van der Waals surface area contributed by atoms with E-state index in [4.69, 9.17) is 4.98 Å². The molecule has 0 N–H and O–H groups in total. The maximum Gasteiger partial charge on any atom is 0.205 e. The summed E-state index contributed by atoms with van der Waals surface area (Å²) in [6.07, 6.45) is 1.16. The molecule has 0 bridgehead atoms. The molecule has 1 fully saturated rings. The van der Waals surface area contributed by atoms with Crippen molar-refractivity contribution < 1.29 is 0 Å². The SMILES string of the molecule is c1ccc(CN2CCCN(c3nc(-c4ccccc4)ns3)CC2)cc1. The minimum atomic E-state index is 0.839. The van der Waals surface area contributed by atoms with Crippen molar-refractivity contribution in [3.05, 3.63) is 66.2 Å². The van der Waals surface area contributed by atoms with E-state index >= 15 is 0 Å². The number of rotatable bonds is 4. The summed E-state index contributed by atoms with van der Waals surface area (Å²) in [4.78, 5) is 9.69. The minimum Gasteiger partial charge on any atom is -0.346 e. The van der Waals surface area contributed by atoms with Crippen molar-refractivity contribution in [3.8, 4) is 11.4 Å². The van der Waals surface area contributed by atoms with Gasteiger partial charge in [-0.2, -0.15) is 9.36 Å². The quantitative estimate of drug-likeness (QED) is 0.714. The number of hydrogen-bond acceptors (Lipinski definition) is 5. The molecular formula is C20H22N4S. The van der Waals surface area contributed by atoms with Crippen LogP contribution in [0, 0.1) is 0 Å². The first kappa shape index (κ1) is 16.2. The van der Waals surface area contributed by atoms with Gasteiger partial charge in [0.2, 0.25) is 5.13 Å². The maximum absolute atomic E-state index is 4.77. The third-order valence-electron chi connectivity index (χ3n) is 4.56. The first-order valence-corrected chi connectivity index (χ1v) is 9.56. The highest BCUT2D eigenvalue weighted by molar-refractivity contribution is 7.09. The molecule has 4 nitrogen and oxygen atoms in total. The Morgan fingerprint density at radius 2 is 1.60 bits per heavy atom. The zero-order valence-electron chi connectivity index (χ0n) is 14.2. The summed E-state index contributed by atoms with van der Waals surface area (Å²) in [6, 6.07) is 20.9. The van der Waals surface area contributed by atoms with Crippen LogP contribution in [0.1, 0.15) is 12.0 Å². The van der Waals surface area contributed by atoms with Gasteiger partial charge in [-0.15, -0.1) is 0 Å². The first-order valence-electron chi connectivity index (χ1n) is 8.79. The fourth-order valence-electron chi connectivity index (χ4n) is 3.21. The minimum absolute atomic E-state index is 0.839. The molecule has 2 aromatic carbocycles. The van der Waals surface area contributed by atoms with Gasteiger partial charge in [-0.1, -0.05) is 60.7 Å². The Bertz CT molecular complexity index is 788. The molecule has 0 radical (unpaired) electrons. The fourth-order valence-corrected chi connectivity index (χ4v) is 3.95. The van der Waals surface area contributed by atoms with Crippen molar-refractivity contribution in [1.29, 1.82) is 0 Å². The van der Waals surface area contributed by atoms with Crippen LogP contribution in [0.2, 0.25) is 0 Å². The van der Waals surface area contributed by atoms with Crippen LogP contribution in [-0.4, -0.2) is 40.4 Å². The second kappa shape index (κ2) is 7.76. The van der Waals surface area contributed by atoms with E-state index < -0.39 is 0 Å². The molecule has 0 amide bonds. The van der Waals surface area contributed by atoms with Crippen LogP contribution in [0.3, 0.4) is 0 Å². The van der Waals surface area contributed by atoms with Gasteiger partial charge in [-0.25, -0.2) is 0 Å². The summed E-state index contributed by atoms with van der Waals surface area (Å²) in [5.41, 5.74) is 2.48. The molecule has 1 saturated heterocycles. The molecule has 1 aliphatic rings. The molecule has 128 valence electrons. The Kier molecular flexibility index (Phi) is 5.04. The zero-order valence-corrected chi connectivity index (χ0v) is 15.0. The highest BCUT2D eigenvalue weighted by Gasteiger charge is 2.18. The number of aromatic nitrogens is 2. The Morgan fingerprint density at radius 1 is 0.840 bits per heavy atom. The molecule has 0 spiro atoms. The van der Waals surface area contributed by atoms with Gasteiger partial charge in [0.15, 0.2) is 5.82 Å². The van der Waals surface area contributed by atoms with Crippen molar-refractivity contribution in [2.45, 2.75) is 13.0 Å². The third-order valence-corrected chi connectivity index (χ3v) is 5.33. The van der Waals surface area contributed by atoms with Gasteiger partial charge in [-0.3, -0.25) is 4.90 Å². The Balaban J connectivity index is 1.40. The lowest BCUT2D eigenvalue weighted by molar-refractivity contribution is 0.285. The lowest BCUT2D eigenvalue weighted by Gasteiger charge is -2.21. The van der Waals surface area contributed by atoms with Gasteiger partial charge in [0.05, 0.1) is 0 Å². The molecule has 0 aliphatic carbocycles. The van der Waals surface area contributed by atoms with Gasteiger partial charge < -0.3 is 4.90 Å². The van der Waals surface area contributed by atoms with Crippen LogP contribution in [0.25, 0.3) is 11.4 Å². The largest absolute Gasteiger partial charge is 0.346 e. The van der Waals surface area contributed by atoms with Crippen molar-refractivity contribution in [2.75, 3.05) is 31.1 Å². The Morgan fingerprint density at radius 3 is 2.40 bits per heavy atom. The third kappa shape index (κ3) is 4.06. The van der Waals surface area contributed by atoms with Gasteiger partial charge in [-0.05, 0) is 12.0 Å². The van der Waals surface area contributed by atoms with Crippen molar-refractivity contribution in [1.82, 2.24) is 14.3 Å². The lowest BCUT2D eigenvalue weighted by atomic mass is 10.2. The maximum atomic E-state index is 4.77. The van der Waals surface area contributed by atoms with Crippen LogP contribution in [0.4, 0.5) is 5.13 Å². The van der Waals surface area contributed by atoms with E-state index in [9.17, 15) is 0 Å². The smallest absolute Gasteiger partial charge is 0.205 e. The number of hydrogen-bond donors (Lipinski definition) is 0. The molecule has 5 heteroatoms. The Labute approximate surface area is 152 Å². The average Bonchev–Trinajstić information content (AvgIpc) is 3.05. The van der Waals surface area contributed by atoms with E-state index in [0.29, 0.717) is 0 Å². The van der Waals surface area contributed by atoms with Crippen molar-refractivity contribution in [2.24, 2.45) is 0 Å². The van der Waals surface area contributed by atoms with Crippen LogP contribution in [0.15, 0.2) is 60.7 Å². The number of nitrogens with zero attached hydrogens (tertiary/aromatic N) is 4. The molecule has 25 heavy (non-hydrogen) atoms. The topological polar surface area (TPSA) is 32.3 Å². The molecule has 1 aromatic heterocycles. The van der Waals surface area contributed by atoms with Crippen LogP contribution >= 0.6 is 11.5 Å². The average molecular weight is 350 g/mol. The van der Waals surface area contributed by atoms with Gasteiger partial charge in [0.25, 0.3) is 0 Å². The van der Waals surface area contributed by atoms with Crippen molar-refractivity contribution >= 4 is 16.7 Å². The summed E-state index contributed by atoms with van der Waals surface area (Å²) in [5, 5.41) is 1.04. The van der Waals surface area contributed by atoms with E-state index in [1.165, 1.54) is 17.1 Å². The standard InChI is InChI=1S/C20H22N4S/c1-3-8-17(9-4-1)16-23-12-7-13-24(15-14-23)20-21-19(22-25-20)18-10-5-2-6-11-18/h1-6,8-11H,7,12-16H2. The predicted molar refractivity (Wildman–Crippen MR) is 104 cm³/mol. The van der Waals surface area contributed by atoms with Gasteiger partial charge >= 0.3 is 0 Å². The Hall–Kier alpha value is -2.24. The molecule has 2 heterocycles.